The van der Waals surface area contributed by atoms with Crippen molar-refractivity contribution in [3.05, 3.63) is 52.5 Å². The average Bonchev–Trinajstić information content (AvgIpc) is 3.38. The molecule has 7 heteroatoms. The number of nitrogens with zero attached hydrogens (tertiary/aromatic N) is 3. The number of hydrogen-bond acceptors (Lipinski definition) is 4. The largest absolute Gasteiger partial charge is 0.381 e. The van der Waals surface area contributed by atoms with E-state index in [1.54, 1.807) is 0 Å². The van der Waals surface area contributed by atoms with E-state index in [0.29, 0.717) is 12.0 Å². The molecule has 2 aromatic carbocycles. The van der Waals surface area contributed by atoms with Gasteiger partial charge in [0.05, 0.1) is 11.0 Å². The molecule has 2 saturated heterocycles. The molecule has 0 radical (unpaired) electrons. The number of nitrogens with one attached hydrogen (secondary N) is 1. The molecule has 1 unspecified atom stereocenters. The van der Waals surface area contributed by atoms with Gasteiger partial charge in [0.15, 0.2) is 0 Å². The van der Waals surface area contributed by atoms with E-state index in [-0.39, 0.29) is 0 Å². The standard InChI is InChI=1S/C24H28Cl2N4O/c25-18-3-6-20(7-4-18)29-11-1-2-21(29)15-27-24-28-22-14-19(26)5-8-23(22)30(24)16-17-9-12-31-13-10-17/h3-8,14,17,21H,1-2,9-13,15-16H2,(H,27,28). The molecule has 5 rings (SSSR count). The van der Waals surface area contributed by atoms with Crippen molar-refractivity contribution in [3.63, 3.8) is 0 Å². The number of hydrogen-bond donors (Lipinski definition) is 1. The van der Waals surface area contributed by atoms with E-state index in [4.69, 9.17) is 32.9 Å². The van der Waals surface area contributed by atoms with Crippen molar-refractivity contribution in [3.8, 4) is 0 Å². The SMILES string of the molecule is Clc1ccc(N2CCCC2CNc2nc3cc(Cl)ccc3n2CC2CCOCC2)cc1. The summed E-state index contributed by atoms with van der Waals surface area (Å²) in [5.74, 6) is 1.55. The van der Waals surface area contributed by atoms with Gasteiger partial charge in [0.25, 0.3) is 0 Å². The number of aromatic nitrogens is 2. The molecule has 0 saturated carbocycles. The Labute approximate surface area is 193 Å². The quantitative estimate of drug-likeness (QED) is 0.502. The van der Waals surface area contributed by atoms with Gasteiger partial charge in [-0.3, -0.25) is 0 Å². The van der Waals surface area contributed by atoms with Crippen LogP contribution in [0.25, 0.3) is 11.0 Å². The molecule has 31 heavy (non-hydrogen) atoms. The fourth-order valence-electron chi connectivity index (χ4n) is 4.84. The molecule has 2 aliphatic rings. The van der Waals surface area contributed by atoms with Crippen LogP contribution in [-0.2, 0) is 11.3 Å². The van der Waals surface area contributed by atoms with Gasteiger partial charge in [0, 0.05) is 54.6 Å². The van der Waals surface area contributed by atoms with Crippen LogP contribution in [0.15, 0.2) is 42.5 Å². The van der Waals surface area contributed by atoms with Crippen LogP contribution in [0.3, 0.4) is 0 Å². The first-order chi connectivity index (χ1) is 15.2. The predicted molar refractivity (Wildman–Crippen MR) is 129 cm³/mol. The minimum Gasteiger partial charge on any atom is -0.381 e. The van der Waals surface area contributed by atoms with Crippen molar-refractivity contribution in [1.29, 1.82) is 0 Å². The van der Waals surface area contributed by atoms with Crippen molar-refractivity contribution in [2.24, 2.45) is 5.92 Å². The molecule has 2 fully saturated rings. The lowest BCUT2D eigenvalue weighted by Crippen LogP contribution is -2.35. The lowest BCUT2D eigenvalue weighted by atomic mass is 10.0. The van der Waals surface area contributed by atoms with E-state index in [1.165, 1.54) is 18.5 Å². The highest BCUT2D eigenvalue weighted by Gasteiger charge is 2.26. The predicted octanol–water partition coefficient (Wildman–Crippen LogP) is 5.85. The number of imidazole rings is 1. The van der Waals surface area contributed by atoms with Crippen LogP contribution >= 0.6 is 23.2 Å². The zero-order chi connectivity index (χ0) is 21.2. The van der Waals surface area contributed by atoms with Gasteiger partial charge in [-0.15, -0.1) is 0 Å². The van der Waals surface area contributed by atoms with Crippen LogP contribution in [0, 0.1) is 5.92 Å². The van der Waals surface area contributed by atoms with E-state index >= 15 is 0 Å². The number of rotatable bonds is 6. The summed E-state index contributed by atoms with van der Waals surface area (Å²) in [5.41, 5.74) is 3.32. The first kappa shape index (κ1) is 20.9. The third-order valence-electron chi connectivity index (χ3n) is 6.52. The Morgan fingerprint density at radius 2 is 1.77 bits per heavy atom. The number of fused-ring (bicyclic) bond motifs is 1. The molecule has 164 valence electrons. The van der Waals surface area contributed by atoms with Gasteiger partial charge in [0.2, 0.25) is 5.95 Å². The highest BCUT2D eigenvalue weighted by molar-refractivity contribution is 6.31. The average molecular weight is 459 g/mol. The number of ether oxygens (including phenoxy) is 1. The van der Waals surface area contributed by atoms with E-state index in [0.717, 1.165) is 72.7 Å². The van der Waals surface area contributed by atoms with Crippen LogP contribution in [0.1, 0.15) is 25.7 Å². The van der Waals surface area contributed by atoms with Crippen molar-refractivity contribution in [2.75, 3.05) is 36.5 Å². The van der Waals surface area contributed by atoms with Gasteiger partial charge in [-0.25, -0.2) is 4.98 Å². The molecular weight excluding hydrogens is 431 g/mol. The number of halogens is 2. The van der Waals surface area contributed by atoms with Gasteiger partial charge in [-0.05, 0) is 74.1 Å². The van der Waals surface area contributed by atoms with Gasteiger partial charge in [-0.1, -0.05) is 23.2 Å². The van der Waals surface area contributed by atoms with Crippen molar-refractivity contribution >= 4 is 45.9 Å². The Bertz CT molecular complexity index is 1030. The highest BCUT2D eigenvalue weighted by Crippen LogP contribution is 2.29. The Kier molecular flexibility index (Phi) is 6.26. The Hall–Kier alpha value is -1.95. The zero-order valence-electron chi connectivity index (χ0n) is 17.6. The molecular formula is C24H28Cl2N4O. The summed E-state index contributed by atoms with van der Waals surface area (Å²) >= 11 is 12.3. The first-order valence-electron chi connectivity index (χ1n) is 11.2. The third kappa shape index (κ3) is 4.64. The second kappa shape index (κ2) is 9.27. The van der Waals surface area contributed by atoms with Gasteiger partial charge in [-0.2, -0.15) is 0 Å². The Morgan fingerprint density at radius 1 is 1.00 bits per heavy atom. The highest BCUT2D eigenvalue weighted by atomic mass is 35.5. The maximum Gasteiger partial charge on any atom is 0.203 e. The fourth-order valence-corrected chi connectivity index (χ4v) is 5.13. The van der Waals surface area contributed by atoms with Crippen molar-refractivity contribution in [1.82, 2.24) is 9.55 Å². The minimum absolute atomic E-state index is 0.432. The summed E-state index contributed by atoms with van der Waals surface area (Å²) in [6.07, 6.45) is 4.56. The normalized spacial score (nSPS) is 19.9. The van der Waals surface area contributed by atoms with Crippen molar-refractivity contribution < 1.29 is 4.74 Å². The van der Waals surface area contributed by atoms with E-state index in [2.05, 4.69) is 33.0 Å². The topological polar surface area (TPSA) is 42.3 Å². The monoisotopic (exact) mass is 458 g/mol. The minimum atomic E-state index is 0.432. The van der Waals surface area contributed by atoms with Crippen LogP contribution in [-0.4, -0.2) is 41.9 Å². The molecule has 2 aliphatic heterocycles. The summed E-state index contributed by atoms with van der Waals surface area (Å²) in [4.78, 5) is 7.39. The molecule has 1 aromatic heterocycles. The van der Waals surface area contributed by atoms with Crippen LogP contribution in [0.4, 0.5) is 11.6 Å². The fraction of sp³-hybridized carbons (Fsp3) is 0.458. The lowest BCUT2D eigenvalue weighted by Gasteiger charge is -2.28. The van der Waals surface area contributed by atoms with Gasteiger partial charge in [0.1, 0.15) is 0 Å². The number of benzene rings is 2. The molecule has 1 atom stereocenters. The summed E-state index contributed by atoms with van der Waals surface area (Å²) in [7, 11) is 0. The Morgan fingerprint density at radius 3 is 2.58 bits per heavy atom. The molecule has 3 heterocycles. The summed E-state index contributed by atoms with van der Waals surface area (Å²) in [6, 6.07) is 14.6. The van der Waals surface area contributed by atoms with Crippen LogP contribution in [0.5, 0.6) is 0 Å². The molecule has 1 N–H and O–H groups in total. The lowest BCUT2D eigenvalue weighted by molar-refractivity contribution is 0.0617. The first-order valence-corrected chi connectivity index (χ1v) is 11.9. The van der Waals surface area contributed by atoms with E-state index in [9.17, 15) is 0 Å². The van der Waals surface area contributed by atoms with E-state index < -0.39 is 0 Å². The van der Waals surface area contributed by atoms with Crippen molar-refractivity contribution in [2.45, 2.75) is 38.3 Å². The number of anilines is 2. The maximum absolute atomic E-state index is 6.25. The zero-order valence-corrected chi connectivity index (χ0v) is 19.1. The summed E-state index contributed by atoms with van der Waals surface area (Å²) in [5, 5.41) is 5.17. The van der Waals surface area contributed by atoms with Gasteiger partial charge >= 0.3 is 0 Å². The third-order valence-corrected chi connectivity index (χ3v) is 7.01. The second-order valence-corrected chi connectivity index (χ2v) is 9.45. The smallest absolute Gasteiger partial charge is 0.203 e. The van der Waals surface area contributed by atoms with Gasteiger partial charge < -0.3 is 19.5 Å². The molecule has 3 aromatic rings. The Balaban J connectivity index is 1.36. The molecule has 0 spiro atoms. The van der Waals surface area contributed by atoms with Crippen LogP contribution in [0.2, 0.25) is 10.0 Å². The maximum atomic E-state index is 6.25. The molecule has 5 nitrogen and oxygen atoms in total. The van der Waals surface area contributed by atoms with E-state index in [1.807, 2.05) is 24.3 Å². The second-order valence-electron chi connectivity index (χ2n) is 8.58. The van der Waals surface area contributed by atoms with Crippen LogP contribution < -0.4 is 10.2 Å². The summed E-state index contributed by atoms with van der Waals surface area (Å²) in [6.45, 7) is 4.58. The molecule has 0 bridgehead atoms. The summed E-state index contributed by atoms with van der Waals surface area (Å²) < 4.78 is 7.89. The molecule has 0 amide bonds. The molecule has 0 aliphatic carbocycles.